The van der Waals surface area contributed by atoms with Crippen molar-refractivity contribution in [3.8, 4) is 10.4 Å². The minimum atomic E-state index is 0.838. The molecule has 1 atom stereocenters. The van der Waals surface area contributed by atoms with Gasteiger partial charge in [0.05, 0.1) is 0 Å². The highest BCUT2D eigenvalue weighted by Crippen LogP contribution is 2.46. The van der Waals surface area contributed by atoms with Gasteiger partial charge in [0.1, 0.15) is 4.83 Å². The van der Waals surface area contributed by atoms with Gasteiger partial charge in [-0.3, -0.25) is 0 Å². The zero-order valence-corrected chi connectivity index (χ0v) is 15.9. The Morgan fingerprint density at radius 2 is 2.08 bits per heavy atom. The van der Waals surface area contributed by atoms with Gasteiger partial charge >= 0.3 is 0 Å². The zero-order valence-electron chi connectivity index (χ0n) is 14.2. The highest BCUT2D eigenvalue weighted by Gasteiger charge is 2.28. The van der Waals surface area contributed by atoms with E-state index in [-0.39, 0.29) is 0 Å². The van der Waals surface area contributed by atoms with Gasteiger partial charge in [0, 0.05) is 26.4 Å². The largest absolute Gasteiger partial charge is 0.242 e. The van der Waals surface area contributed by atoms with Gasteiger partial charge in [-0.1, -0.05) is 19.4 Å². The maximum absolute atomic E-state index is 5.18. The molecule has 24 heavy (non-hydrogen) atoms. The maximum Gasteiger partial charge on any atom is 0.124 e. The summed E-state index contributed by atoms with van der Waals surface area (Å²) in [7, 11) is 0. The summed E-state index contributed by atoms with van der Waals surface area (Å²) < 4.78 is 0. The lowest BCUT2D eigenvalue weighted by atomic mass is 9.81. The summed E-state index contributed by atoms with van der Waals surface area (Å²) >= 11 is 3.89. The molecule has 0 fully saturated rings. The predicted molar refractivity (Wildman–Crippen MR) is 105 cm³/mol. The molecule has 0 saturated carbocycles. The van der Waals surface area contributed by atoms with Crippen LogP contribution in [0.3, 0.4) is 0 Å². The quantitative estimate of drug-likeness (QED) is 0.518. The van der Waals surface area contributed by atoms with E-state index in [2.05, 4.69) is 24.4 Å². The fourth-order valence-corrected chi connectivity index (χ4v) is 6.67. The Morgan fingerprint density at radius 3 is 2.92 bits per heavy atom. The van der Waals surface area contributed by atoms with Gasteiger partial charge in [-0.2, -0.15) is 0 Å². The van der Waals surface area contributed by atoms with Crippen LogP contribution < -0.4 is 0 Å². The molecule has 2 aliphatic carbocycles. The standard InChI is InChI=1S/C21H23NS2/c1-2-13-9-10-16-15(12-13)19(18-8-5-11-23-18)20-14-6-3-4-7-17(14)24-21(20)22-16/h5,8,11,13H,2-4,6-7,9-10,12H2,1H3. The van der Waals surface area contributed by atoms with Crippen LogP contribution in [0, 0.1) is 5.92 Å². The average Bonchev–Trinajstić information content (AvgIpc) is 3.27. The van der Waals surface area contributed by atoms with Crippen LogP contribution >= 0.6 is 22.7 Å². The average molecular weight is 354 g/mol. The first-order chi connectivity index (χ1) is 11.8. The Bertz CT molecular complexity index is 889. The maximum atomic E-state index is 5.18. The lowest BCUT2D eigenvalue weighted by molar-refractivity contribution is 0.441. The van der Waals surface area contributed by atoms with Crippen molar-refractivity contribution in [3.63, 3.8) is 0 Å². The summed E-state index contributed by atoms with van der Waals surface area (Å²) in [6, 6.07) is 4.53. The van der Waals surface area contributed by atoms with E-state index in [0.29, 0.717) is 0 Å². The molecule has 3 heterocycles. The Balaban J connectivity index is 1.83. The van der Waals surface area contributed by atoms with Crippen LogP contribution in [0.2, 0.25) is 0 Å². The Labute approximate surface area is 151 Å². The summed E-state index contributed by atoms with van der Waals surface area (Å²) in [5.74, 6) is 0.838. The molecule has 0 aromatic carbocycles. The molecule has 5 rings (SSSR count). The molecule has 3 heteroatoms. The molecular weight excluding hydrogens is 330 g/mol. The molecule has 0 amide bonds. The zero-order chi connectivity index (χ0) is 16.1. The SMILES string of the molecule is CCC1CCc2nc3sc4c(c3c(-c3cccs3)c2C1)CCCC4. The Hall–Kier alpha value is -1.19. The second-order valence-corrected chi connectivity index (χ2v) is 9.33. The second-order valence-electron chi connectivity index (χ2n) is 7.30. The fourth-order valence-electron chi connectivity index (χ4n) is 4.57. The van der Waals surface area contributed by atoms with Crippen molar-refractivity contribution in [2.45, 2.75) is 58.3 Å². The Morgan fingerprint density at radius 1 is 1.17 bits per heavy atom. The van der Waals surface area contributed by atoms with Gasteiger partial charge in [0.2, 0.25) is 0 Å². The van der Waals surface area contributed by atoms with Crippen molar-refractivity contribution < 1.29 is 0 Å². The number of aryl methyl sites for hydroxylation is 3. The van der Waals surface area contributed by atoms with Gasteiger partial charge in [-0.05, 0) is 73.4 Å². The van der Waals surface area contributed by atoms with E-state index in [0.717, 1.165) is 5.92 Å². The van der Waals surface area contributed by atoms with Gasteiger partial charge < -0.3 is 0 Å². The minimum absolute atomic E-state index is 0.838. The minimum Gasteiger partial charge on any atom is -0.242 e. The second kappa shape index (κ2) is 5.96. The van der Waals surface area contributed by atoms with Crippen LogP contribution in [0.25, 0.3) is 20.7 Å². The lowest BCUT2D eigenvalue weighted by Crippen LogP contribution is -2.16. The molecule has 0 saturated heterocycles. The van der Waals surface area contributed by atoms with E-state index >= 15 is 0 Å². The van der Waals surface area contributed by atoms with Crippen molar-refractivity contribution in [3.05, 3.63) is 39.2 Å². The summed E-state index contributed by atoms with van der Waals surface area (Å²) in [5.41, 5.74) is 6.17. The number of hydrogen-bond acceptors (Lipinski definition) is 3. The summed E-state index contributed by atoms with van der Waals surface area (Å²) in [4.78, 5) is 9.58. The van der Waals surface area contributed by atoms with Crippen LogP contribution in [0.15, 0.2) is 17.5 Å². The monoisotopic (exact) mass is 353 g/mol. The summed E-state index contributed by atoms with van der Waals surface area (Å²) in [6.45, 7) is 2.35. The van der Waals surface area contributed by atoms with Crippen molar-refractivity contribution in [2.75, 3.05) is 0 Å². The molecule has 1 unspecified atom stereocenters. The topological polar surface area (TPSA) is 12.9 Å². The summed E-state index contributed by atoms with van der Waals surface area (Å²) in [6.07, 6.45) is 10.2. The molecule has 3 aromatic heterocycles. The molecule has 124 valence electrons. The fraction of sp³-hybridized carbons (Fsp3) is 0.476. The smallest absolute Gasteiger partial charge is 0.124 e. The molecule has 0 spiro atoms. The normalized spacial score (nSPS) is 20.1. The molecule has 0 radical (unpaired) electrons. The number of rotatable bonds is 2. The number of pyridine rings is 1. The third kappa shape index (κ3) is 2.28. The molecule has 0 N–H and O–H groups in total. The van der Waals surface area contributed by atoms with Gasteiger partial charge in [-0.25, -0.2) is 4.98 Å². The van der Waals surface area contributed by atoms with E-state index in [4.69, 9.17) is 4.98 Å². The molecule has 0 aliphatic heterocycles. The molecule has 3 aromatic rings. The first kappa shape index (κ1) is 15.1. The van der Waals surface area contributed by atoms with Crippen LogP contribution in [-0.2, 0) is 25.7 Å². The Kier molecular flexibility index (Phi) is 3.75. The van der Waals surface area contributed by atoms with Gasteiger partial charge in [-0.15, -0.1) is 22.7 Å². The van der Waals surface area contributed by atoms with E-state index in [1.165, 1.54) is 72.2 Å². The predicted octanol–water partition coefficient (Wildman–Crippen LogP) is 6.42. The first-order valence-corrected chi connectivity index (χ1v) is 11.0. The molecular formula is C21H23NS2. The van der Waals surface area contributed by atoms with Crippen LogP contribution in [0.5, 0.6) is 0 Å². The molecule has 1 nitrogen and oxygen atoms in total. The number of hydrogen-bond donors (Lipinski definition) is 0. The van der Waals surface area contributed by atoms with Crippen LogP contribution in [-0.4, -0.2) is 4.98 Å². The highest BCUT2D eigenvalue weighted by atomic mass is 32.1. The third-order valence-electron chi connectivity index (χ3n) is 5.92. The van der Waals surface area contributed by atoms with Crippen molar-refractivity contribution >= 4 is 32.9 Å². The molecule has 0 bridgehead atoms. The van der Waals surface area contributed by atoms with E-state index in [1.807, 2.05) is 22.7 Å². The highest BCUT2D eigenvalue weighted by molar-refractivity contribution is 7.19. The van der Waals surface area contributed by atoms with Crippen molar-refractivity contribution in [1.29, 1.82) is 0 Å². The molecule has 2 aliphatic rings. The van der Waals surface area contributed by atoms with E-state index < -0.39 is 0 Å². The number of aromatic nitrogens is 1. The first-order valence-electron chi connectivity index (χ1n) is 9.35. The van der Waals surface area contributed by atoms with Crippen molar-refractivity contribution in [1.82, 2.24) is 4.98 Å². The number of thiophene rings is 2. The summed E-state index contributed by atoms with van der Waals surface area (Å²) in [5, 5.41) is 3.75. The van der Waals surface area contributed by atoms with Crippen LogP contribution in [0.1, 0.15) is 54.3 Å². The van der Waals surface area contributed by atoms with Crippen molar-refractivity contribution in [2.24, 2.45) is 5.92 Å². The number of nitrogens with zero attached hydrogens (tertiary/aromatic N) is 1. The lowest BCUT2D eigenvalue weighted by Gasteiger charge is -2.26. The third-order valence-corrected chi connectivity index (χ3v) is 7.99. The van der Waals surface area contributed by atoms with Crippen LogP contribution in [0.4, 0.5) is 0 Å². The van der Waals surface area contributed by atoms with E-state index in [9.17, 15) is 0 Å². The van der Waals surface area contributed by atoms with E-state index in [1.54, 1.807) is 21.6 Å². The van der Waals surface area contributed by atoms with Gasteiger partial charge in [0.25, 0.3) is 0 Å². The number of fused-ring (bicyclic) bond motifs is 4. The van der Waals surface area contributed by atoms with Gasteiger partial charge in [0.15, 0.2) is 0 Å².